The first-order valence-corrected chi connectivity index (χ1v) is 9.64. The van der Waals surface area contributed by atoms with Crippen LogP contribution in [0, 0.1) is 0 Å². The van der Waals surface area contributed by atoms with Gasteiger partial charge in [0.05, 0.1) is 23.0 Å². The van der Waals surface area contributed by atoms with Gasteiger partial charge in [0.2, 0.25) is 11.8 Å². The maximum atomic E-state index is 11.7. The van der Waals surface area contributed by atoms with Gasteiger partial charge in [-0.1, -0.05) is 11.6 Å². The molecule has 0 spiro atoms. The number of fused-ring (bicyclic) bond motifs is 1. The molecular weight excluding hydrogens is 388 g/mol. The van der Waals surface area contributed by atoms with Gasteiger partial charge in [-0.05, 0) is 36.8 Å². The van der Waals surface area contributed by atoms with E-state index in [-0.39, 0.29) is 30.2 Å². The zero-order chi connectivity index (χ0) is 19.6. The first kappa shape index (κ1) is 19.4. The second-order valence-electron chi connectivity index (χ2n) is 6.32. The van der Waals surface area contributed by atoms with E-state index in [1.165, 1.54) is 18.3 Å². The number of thiophene rings is 1. The van der Waals surface area contributed by atoms with Crippen LogP contribution in [0.25, 0.3) is 10.4 Å². The molecule has 0 saturated heterocycles. The number of rotatable bonds is 6. The van der Waals surface area contributed by atoms with Crippen molar-refractivity contribution in [1.29, 1.82) is 0 Å². The second-order valence-corrected chi connectivity index (χ2v) is 7.82. The molecule has 8 heteroatoms. The summed E-state index contributed by atoms with van der Waals surface area (Å²) < 4.78 is 5.86. The third-order valence-electron chi connectivity index (χ3n) is 4.11. The average Bonchev–Trinajstić information content (AvgIpc) is 3.25. The van der Waals surface area contributed by atoms with Gasteiger partial charge in [-0.2, -0.15) is 0 Å². The number of hydrogen-bond donors (Lipinski definition) is 2. The molecule has 2 heterocycles. The first-order valence-electron chi connectivity index (χ1n) is 8.45. The fourth-order valence-corrected chi connectivity index (χ4v) is 3.99. The van der Waals surface area contributed by atoms with Crippen LogP contribution in [0.2, 0.25) is 5.02 Å². The molecule has 2 amide bonds. The Morgan fingerprint density at radius 2 is 2.00 bits per heavy atom. The standard InChI is InChI=1S/C19H19ClN2O4S/c1-10(23)16-3-4-17(27-16)12-5-13-6-14(26-19(13)15(20)7-12)8-22-18(25)9-21-11(2)24/h3-5,7,14H,6,8-9H2,1-2H3,(H,21,24)(H,22,25)/t14-/m1/s1. The van der Waals surface area contributed by atoms with Crippen molar-refractivity contribution in [2.24, 2.45) is 0 Å². The molecule has 6 nitrogen and oxygen atoms in total. The molecule has 1 aliphatic heterocycles. The molecule has 1 atom stereocenters. The Kier molecular flexibility index (Phi) is 5.82. The van der Waals surface area contributed by atoms with Crippen molar-refractivity contribution in [2.45, 2.75) is 26.4 Å². The van der Waals surface area contributed by atoms with Gasteiger partial charge in [0, 0.05) is 23.8 Å². The molecule has 0 radical (unpaired) electrons. The predicted octanol–water partition coefficient (Wildman–Crippen LogP) is 2.83. The van der Waals surface area contributed by atoms with Crippen LogP contribution in [0.4, 0.5) is 0 Å². The molecule has 0 saturated carbocycles. The average molecular weight is 407 g/mol. The van der Waals surface area contributed by atoms with Gasteiger partial charge >= 0.3 is 0 Å². The minimum Gasteiger partial charge on any atom is -0.486 e. The molecule has 2 N–H and O–H groups in total. The monoisotopic (exact) mass is 406 g/mol. The lowest BCUT2D eigenvalue weighted by molar-refractivity contribution is -0.125. The van der Waals surface area contributed by atoms with Crippen LogP contribution in [0.5, 0.6) is 5.75 Å². The van der Waals surface area contributed by atoms with E-state index in [9.17, 15) is 14.4 Å². The highest BCUT2D eigenvalue weighted by Gasteiger charge is 2.26. The van der Waals surface area contributed by atoms with Crippen molar-refractivity contribution in [3.63, 3.8) is 0 Å². The maximum Gasteiger partial charge on any atom is 0.239 e. The number of nitrogens with one attached hydrogen (secondary N) is 2. The van der Waals surface area contributed by atoms with E-state index < -0.39 is 0 Å². The van der Waals surface area contributed by atoms with E-state index in [1.807, 2.05) is 24.3 Å². The third kappa shape index (κ3) is 4.67. The number of Topliss-reactive ketones (excluding diaryl/α,β-unsaturated/α-hetero) is 1. The van der Waals surface area contributed by atoms with E-state index in [0.717, 1.165) is 16.0 Å². The molecule has 142 valence electrons. The van der Waals surface area contributed by atoms with Gasteiger partial charge in [0.25, 0.3) is 0 Å². The lowest BCUT2D eigenvalue weighted by Gasteiger charge is -2.12. The highest BCUT2D eigenvalue weighted by atomic mass is 35.5. The highest BCUT2D eigenvalue weighted by molar-refractivity contribution is 7.17. The molecule has 1 aromatic carbocycles. The largest absolute Gasteiger partial charge is 0.486 e. The number of hydrogen-bond acceptors (Lipinski definition) is 5. The maximum absolute atomic E-state index is 11.7. The van der Waals surface area contributed by atoms with Crippen LogP contribution < -0.4 is 15.4 Å². The van der Waals surface area contributed by atoms with E-state index in [4.69, 9.17) is 16.3 Å². The van der Waals surface area contributed by atoms with Crippen LogP contribution in [-0.4, -0.2) is 36.8 Å². The quantitative estimate of drug-likeness (QED) is 0.722. The second kappa shape index (κ2) is 8.10. The zero-order valence-electron chi connectivity index (χ0n) is 14.9. The zero-order valence-corrected chi connectivity index (χ0v) is 16.5. The summed E-state index contributed by atoms with van der Waals surface area (Å²) in [6.07, 6.45) is 0.402. The van der Waals surface area contributed by atoms with Gasteiger partial charge in [-0.3, -0.25) is 14.4 Å². The van der Waals surface area contributed by atoms with Gasteiger partial charge in [-0.15, -0.1) is 11.3 Å². The summed E-state index contributed by atoms with van der Waals surface area (Å²) in [5.41, 5.74) is 1.91. The summed E-state index contributed by atoms with van der Waals surface area (Å²) in [5, 5.41) is 5.69. The summed E-state index contributed by atoms with van der Waals surface area (Å²) in [6, 6.07) is 7.56. The smallest absolute Gasteiger partial charge is 0.239 e. The molecule has 0 fully saturated rings. The molecule has 0 unspecified atom stereocenters. The number of ether oxygens (including phenoxy) is 1. The molecule has 27 heavy (non-hydrogen) atoms. The fourth-order valence-electron chi connectivity index (χ4n) is 2.82. The molecule has 0 bridgehead atoms. The van der Waals surface area contributed by atoms with E-state index >= 15 is 0 Å². The van der Waals surface area contributed by atoms with Gasteiger partial charge in [-0.25, -0.2) is 0 Å². The van der Waals surface area contributed by atoms with Crippen LogP contribution in [-0.2, 0) is 16.0 Å². The van der Waals surface area contributed by atoms with Crippen LogP contribution in [0.15, 0.2) is 24.3 Å². The Labute approximate surface area is 165 Å². The summed E-state index contributed by atoms with van der Waals surface area (Å²) in [7, 11) is 0. The van der Waals surface area contributed by atoms with E-state index in [0.29, 0.717) is 28.6 Å². The number of ketones is 1. The minimum atomic E-state index is -0.271. The fraction of sp³-hybridized carbons (Fsp3) is 0.316. The topological polar surface area (TPSA) is 84.5 Å². The SMILES string of the molecule is CC(=O)NCC(=O)NC[C@H]1Cc2cc(-c3ccc(C(C)=O)s3)cc(Cl)c2O1. The van der Waals surface area contributed by atoms with Crippen LogP contribution in [0.1, 0.15) is 29.1 Å². The summed E-state index contributed by atoms with van der Waals surface area (Å²) in [6.45, 7) is 3.17. The van der Waals surface area contributed by atoms with Crippen molar-refractivity contribution >= 4 is 40.5 Å². The van der Waals surface area contributed by atoms with E-state index in [1.54, 1.807) is 6.92 Å². The van der Waals surface area contributed by atoms with Crippen molar-refractivity contribution < 1.29 is 19.1 Å². The van der Waals surface area contributed by atoms with Crippen LogP contribution >= 0.6 is 22.9 Å². The lowest BCUT2D eigenvalue weighted by atomic mass is 10.1. The van der Waals surface area contributed by atoms with Crippen molar-refractivity contribution in [3.05, 3.63) is 39.7 Å². The van der Waals surface area contributed by atoms with Gasteiger partial charge < -0.3 is 15.4 Å². The summed E-state index contributed by atoms with van der Waals surface area (Å²) in [5.74, 6) is 0.143. The first-order chi connectivity index (χ1) is 12.8. The molecule has 3 rings (SSSR count). The Hall–Kier alpha value is -2.38. The Morgan fingerprint density at radius 1 is 1.22 bits per heavy atom. The molecule has 2 aromatic rings. The molecule has 1 aliphatic rings. The molecule has 1 aromatic heterocycles. The van der Waals surface area contributed by atoms with Crippen molar-refractivity contribution in [3.8, 4) is 16.2 Å². The van der Waals surface area contributed by atoms with Crippen molar-refractivity contribution in [1.82, 2.24) is 10.6 Å². The summed E-state index contributed by atoms with van der Waals surface area (Å²) >= 11 is 7.81. The highest BCUT2D eigenvalue weighted by Crippen LogP contribution is 2.41. The third-order valence-corrected chi connectivity index (χ3v) is 5.63. The molecular formula is C19H19ClN2O4S. The number of carbonyl (C=O) groups is 3. The van der Waals surface area contributed by atoms with E-state index in [2.05, 4.69) is 10.6 Å². The normalized spacial score (nSPS) is 15.0. The van der Waals surface area contributed by atoms with Crippen LogP contribution in [0.3, 0.4) is 0 Å². The Balaban J connectivity index is 1.66. The number of amides is 2. The van der Waals surface area contributed by atoms with Gasteiger partial charge in [0.15, 0.2) is 5.78 Å². The Morgan fingerprint density at radius 3 is 2.67 bits per heavy atom. The Bertz CT molecular complexity index is 909. The number of halogens is 1. The minimum absolute atomic E-state index is 0.0388. The van der Waals surface area contributed by atoms with Gasteiger partial charge in [0.1, 0.15) is 11.9 Å². The molecule has 0 aliphatic carbocycles. The number of carbonyl (C=O) groups excluding carboxylic acids is 3. The predicted molar refractivity (Wildman–Crippen MR) is 105 cm³/mol. The summed E-state index contributed by atoms with van der Waals surface area (Å²) in [4.78, 5) is 35.7. The van der Waals surface area contributed by atoms with Crippen molar-refractivity contribution in [2.75, 3.05) is 13.1 Å². The number of benzene rings is 1. The lowest BCUT2D eigenvalue weighted by Crippen LogP contribution is -2.40.